The Labute approximate surface area is 209 Å². The van der Waals surface area contributed by atoms with Crippen LogP contribution in [-0.4, -0.2) is 65.1 Å². The number of aliphatic hydroxyl groups excluding tert-OH is 1. The second-order valence-corrected chi connectivity index (χ2v) is 11.1. The molecule has 192 valence electrons. The number of nitrogens with two attached hydrogens (primary N) is 1. The highest BCUT2D eigenvalue weighted by Crippen LogP contribution is 2.40. The lowest BCUT2D eigenvalue weighted by Crippen LogP contribution is -2.50. The van der Waals surface area contributed by atoms with Gasteiger partial charge in [-0.2, -0.15) is 0 Å². The van der Waals surface area contributed by atoms with Gasteiger partial charge in [0.2, 0.25) is 17.8 Å². The Kier molecular flexibility index (Phi) is 5.98. The first-order valence-corrected chi connectivity index (χ1v) is 12.4. The van der Waals surface area contributed by atoms with Gasteiger partial charge in [0.05, 0.1) is 22.8 Å². The number of aromatic nitrogens is 5. The van der Waals surface area contributed by atoms with E-state index in [0.29, 0.717) is 11.9 Å². The van der Waals surface area contributed by atoms with E-state index in [9.17, 15) is 14.7 Å². The average Bonchev–Trinajstić information content (AvgIpc) is 3.32. The van der Waals surface area contributed by atoms with Crippen molar-refractivity contribution >= 4 is 28.8 Å². The summed E-state index contributed by atoms with van der Waals surface area (Å²) in [7, 11) is 1.84. The number of hydrogen-bond acceptors (Lipinski definition) is 7. The third-order valence-corrected chi connectivity index (χ3v) is 7.15. The van der Waals surface area contributed by atoms with Crippen LogP contribution in [0.1, 0.15) is 63.3 Å². The zero-order chi connectivity index (χ0) is 25.8. The Morgan fingerprint density at radius 1 is 1.28 bits per heavy atom. The van der Waals surface area contributed by atoms with Crippen molar-refractivity contribution in [1.29, 1.82) is 0 Å². The van der Waals surface area contributed by atoms with Crippen molar-refractivity contribution < 1.29 is 14.7 Å². The summed E-state index contributed by atoms with van der Waals surface area (Å²) in [6.45, 7) is 6.30. The Hall–Kier alpha value is -3.47. The summed E-state index contributed by atoms with van der Waals surface area (Å²) in [4.78, 5) is 32.9. The van der Waals surface area contributed by atoms with E-state index in [2.05, 4.69) is 20.6 Å². The van der Waals surface area contributed by atoms with Crippen LogP contribution < -0.4 is 11.1 Å². The highest BCUT2D eigenvalue weighted by molar-refractivity contribution is 5.90. The molecule has 2 aliphatic rings. The van der Waals surface area contributed by atoms with Crippen molar-refractivity contribution in [3.8, 4) is 0 Å². The molecule has 2 aromatic heterocycles. The van der Waals surface area contributed by atoms with Crippen LogP contribution in [0.2, 0.25) is 0 Å². The molecular formula is C25H34N8O3. The number of imidazole rings is 1. The van der Waals surface area contributed by atoms with Crippen LogP contribution in [0.15, 0.2) is 24.4 Å². The van der Waals surface area contributed by atoms with E-state index in [1.807, 2.05) is 52.2 Å². The van der Waals surface area contributed by atoms with Crippen LogP contribution in [0.25, 0.3) is 11.0 Å². The molecule has 2 amide bonds. The maximum absolute atomic E-state index is 13.8. The van der Waals surface area contributed by atoms with Gasteiger partial charge in [0, 0.05) is 38.7 Å². The lowest BCUT2D eigenvalue weighted by molar-refractivity contribution is -0.144. The minimum Gasteiger partial charge on any atom is -0.391 e. The monoisotopic (exact) mass is 494 g/mol. The van der Waals surface area contributed by atoms with Gasteiger partial charge < -0.3 is 25.6 Å². The number of aryl methyl sites for hydroxylation is 1. The second-order valence-electron chi connectivity index (χ2n) is 11.1. The molecule has 11 heteroatoms. The number of nitrogens with one attached hydrogen (secondary N) is 1. The Bertz CT molecular complexity index is 1300. The van der Waals surface area contributed by atoms with Gasteiger partial charge in [-0.1, -0.05) is 32.1 Å². The summed E-state index contributed by atoms with van der Waals surface area (Å²) in [5.41, 5.74) is 8.87. The van der Waals surface area contributed by atoms with Gasteiger partial charge >= 0.3 is 0 Å². The number of β-amino-alcohol motifs (C(OH)–C–C–N with tert-alkyl or cyclic N) is 1. The summed E-state index contributed by atoms with van der Waals surface area (Å²) in [6.07, 6.45) is 3.46. The predicted octanol–water partition coefficient (Wildman–Crippen LogP) is 1.49. The highest BCUT2D eigenvalue weighted by atomic mass is 16.3. The molecule has 0 spiro atoms. The number of likely N-dealkylation sites (tertiary alicyclic amines) is 1. The number of amides is 2. The number of nitrogen functional groups attached to an aromatic ring is 1. The van der Waals surface area contributed by atoms with E-state index in [1.54, 1.807) is 9.25 Å². The summed E-state index contributed by atoms with van der Waals surface area (Å²) in [5, 5.41) is 21.9. The number of carbonyl (C=O) groups excluding carboxylic acids is 2. The van der Waals surface area contributed by atoms with Gasteiger partial charge in [-0.05, 0) is 36.0 Å². The van der Waals surface area contributed by atoms with E-state index in [0.717, 1.165) is 35.1 Å². The van der Waals surface area contributed by atoms with Crippen LogP contribution in [0, 0.1) is 5.41 Å². The first-order valence-electron chi connectivity index (χ1n) is 12.4. The summed E-state index contributed by atoms with van der Waals surface area (Å²) >= 11 is 0. The lowest BCUT2D eigenvalue weighted by atomic mass is 9.85. The van der Waals surface area contributed by atoms with Crippen molar-refractivity contribution in [1.82, 2.24) is 34.8 Å². The van der Waals surface area contributed by atoms with E-state index in [4.69, 9.17) is 5.73 Å². The van der Waals surface area contributed by atoms with Crippen molar-refractivity contribution in [2.45, 2.75) is 70.7 Å². The van der Waals surface area contributed by atoms with Crippen molar-refractivity contribution in [3.05, 3.63) is 35.7 Å². The largest absolute Gasteiger partial charge is 0.391 e. The second kappa shape index (κ2) is 8.88. The van der Waals surface area contributed by atoms with Gasteiger partial charge in [0.25, 0.3) is 0 Å². The molecule has 0 bridgehead atoms. The molecule has 1 aromatic carbocycles. The van der Waals surface area contributed by atoms with Crippen LogP contribution in [0.4, 0.5) is 5.95 Å². The zero-order valence-electron chi connectivity index (χ0n) is 21.2. The molecule has 36 heavy (non-hydrogen) atoms. The number of fused-ring (bicyclic) bond motifs is 1. The first-order chi connectivity index (χ1) is 17.0. The molecule has 2 unspecified atom stereocenters. The minimum atomic E-state index is -0.767. The fraction of sp³-hybridized carbons (Fsp3) is 0.560. The molecular weight excluding hydrogens is 460 g/mol. The predicted molar refractivity (Wildman–Crippen MR) is 134 cm³/mol. The Morgan fingerprint density at radius 3 is 2.72 bits per heavy atom. The van der Waals surface area contributed by atoms with Crippen molar-refractivity contribution in [3.63, 3.8) is 0 Å². The number of rotatable bonds is 6. The summed E-state index contributed by atoms with van der Waals surface area (Å²) < 4.78 is 3.42. The maximum atomic E-state index is 13.8. The minimum absolute atomic E-state index is 0.105. The van der Waals surface area contributed by atoms with Crippen LogP contribution in [0.3, 0.4) is 0 Å². The number of hydrogen-bond donors (Lipinski definition) is 3. The third kappa shape index (κ3) is 4.55. The molecule has 3 atom stereocenters. The average molecular weight is 495 g/mol. The van der Waals surface area contributed by atoms with E-state index in [1.165, 1.54) is 4.90 Å². The molecule has 1 aliphatic heterocycles. The van der Waals surface area contributed by atoms with Gasteiger partial charge in [0.1, 0.15) is 12.1 Å². The molecule has 2 fully saturated rings. The number of benzene rings is 1. The molecule has 5 rings (SSSR count). The Morgan fingerprint density at radius 2 is 2.03 bits per heavy atom. The molecule has 3 aromatic rings. The van der Waals surface area contributed by atoms with Gasteiger partial charge in [-0.3, -0.25) is 9.59 Å². The van der Waals surface area contributed by atoms with Crippen molar-refractivity contribution in [2.75, 3.05) is 12.3 Å². The number of aliphatic hydroxyl groups is 1. The van der Waals surface area contributed by atoms with E-state index < -0.39 is 23.6 Å². The van der Waals surface area contributed by atoms with Crippen LogP contribution in [0.5, 0.6) is 0 Å². The van der Waals surface area contributed by atoms with Crippen molar-refractivity contribution in [2.24, 2.45) is 12.5 Å². The summed E-state index contributed by atoms with van der Waals surface area (Å²) in [5.74, 6) is 0.307. The zero-order valence-corrected chi connectivity index (χ0v) is 21.2. The van der Waals surface area contributed by atoms with Gasteiger partial charge in [-0.15, -0.1) is 5.10 Å². The molecule has 1 aliphatic carbocycles. The van der Waals surface area contributed by atoms with Crippen LogP contribution >= 0.6 is 0 Å². The Balaban J connectivity index is 1.32. The molecule has 3 heterocycles. The molecule has 1 saturated carbocycles. The maximum Gasteiger partial charge on any atom is 0.248 e. The highest BCUT2D eigenvalue weighted by Gasteiger charge is 2.45. The number of nitrogens with zero attached hydrogens (tertiary/aromatic N) is 6. The standard InChI is InChI=1S/C25H34N8O3/c1-25(2,3)21(33-13-18(29-30-33)15-6-7-15)23(36)32-12-16(34)10-20(32)22(35)27-11-14-5-8-17-19(9-14)31(4)24(26)28-17/h5,8-9,13,15-16,20-21,34H,6-7,10-12H2,1-4H3,(H2,26,28)(H,27,35)/t16?,20?,21-/m1/s1. The van der Waals surface area contributed by atoms with Gasteiger partial charge in [0.15, 0.2) is 0 Å². The fourth-order valence-corrected chi connectivity index (χ4v) is 5.00. The molecule has 1 saturated heterocycles. The lowest BCUT2D eigenvalue weighted by Gasteiger charge is -2.34. The topological polar surface area (TPSA) is 144 Å². The fourth-order valence-electron chi connectivity index (χ4n) is 5.00. The molecule has 4 N–H and O–H groups in total. The number of anilines is 1. The summed E-state index contributed by atoms with van der Waals surface area (Å²) in [6, 6.07) is 4.28. The smallest absolute Gasteiger partial charge is 0.248 e. The molecule has 0 radical (unpaired) electrons. The van der Waals surface area contributed by atoms with Crippen LogP contribution in [-0.2, 0) is 23.2 Å². The quantitative estimate of drug-likeness (QED) is 0.471. The normalized spacial score (nSPS) is 21.2. The van der Waals surface area contributed by atoms with Gasteiger partial charge in [-0.25, -0.2) is 9.67 Å². The molecule has 11 nitrogen and oxygen atoms in total. The number of carbonyl (C=O) groups is 2. The SMILES string of the molecule is Cn1c(N)nc2ccc(CNC(=O)C3CC(O)CN3C(=O)[C@@H](n3cc(C4CC4)nn3)C(C)(C)C)cc21. The third-order valence-electron chi connectivity index (χ3n) is 7.15. The first kappa shape index (κ1) is 24.2. The van der Waals surface area contributed by atoms with E-state index in [-0.39, 0.29) is 31.3 Å². The van der Waals surface area contributed by atoms with E-state index >= 15 is 0 Å².